The number of hydrogen-bond acceptors (Lipinski definition) is 4. The first-order valence-corrected chi connectivity index (χ1v) is 16.7. The SMILES string of the molecule is [2H]c1c([2H])c([2H])c2c(sc3c([2H])c([2H])c4c(c5c([2H])c([2H])c([2H])c([2H])c5n4-c4nc(-c5ccc(-c6ccccc6)cc5)nc(-c5ccc(-c6ccccc6)cc5)n4)c32)c1[2H]. The second-order valence-electron chi connectivity index (χ2n) is 11.7. The molecule has 0 spiro atoms. The van der Waals surface area contributed by atoms with Gasteiger partial charge >= 0.3 is 0 Å². The first-order chi connectivity index (χ1) is 28.9. The van der Waals surface area contributed by atoms with Crippen LogP contribution in [0.15, 0.2) is 170 Å². The van der Waals surface area contributed by atoms with Gasteiger partial charge in [0.1, 0.15) is 0 Å². The fraction of sp³-hybridized carbons (Fsp3) is 0. The molecule has 10 rings (SSSR count). The maximum Gasteiger partial charge on any atom is 0.238 e. The largest absolute Gasteiger partial charge is 0.278 e. The van der Waals surface area contributed by atoms with Crippen molar-refractivity contribution in [3.05, 3.63) is 170 Å². The lowest BCUT2D eigenvalue weighted by atomic mass is 10.0. The molecule has 5 heteroatoms. The van der Waals surface area contributed by atoms with Crippen molar-refractivity contribution in [1.82, 2.24) is 19.5 Å². The van der Waals surface area contributed by atoms with Crippen molar-refractivity contribution >= 4 is 53.3 Å². The topological polar surface area (TPSA) is 43.6 Å². The molecule has 0 fully saturated rings. The Labute approximate surface area is 306 Å². The van der Waals surface area contributed by atoms with Gasteiger partial charge in [0.15, 0.2) is 11.6 Å². The number of fused-ring (bicyclic) bond motifs is 7. The number of thiophene rings is 1. The van der Waals surface area contributed by atoms with E-state index in [1.165, 1.54) is 4.57 Å². The Hall–Kier alpha value is -6.43. The lowest BCUT2D eigenvalue weighted by Gasteiger charge is -2.12. The normalized spacial score (nSPS) is 14.4. The summed E-state index contributed by atoms with van der Waals surface area (Å²) >= 11 is 0.950. The minimum absolute atomic E-state index is 0.00421. The summed E-state index contributed by atoms with van der Waals surface area (Å²) in [5, 5.41) is 0.422. The van der Waals surface area contributed by atoms with E-state index in [0.717, 1.165) is 33.6 Å². The Morgan fingerprint density at radius 3 is 1.56 bits per heavy atom. The average molecular weight is 667 g/mol. The van der Waals surface area contributed by atoms with Gasteiger partial charge in [0.25, 0.3) is 0 Å². The van der Waals surface area contributed by atoms with Crippen LogP contribution in [0.1, 0.15) is 13.7 Å². The van der Waals surface area contributed by atoms with Crippen LogP contribution in [0.4, 0.5) is 0 Å². The molecule has 0 bridgehead atoms. The Kier molecular flexibility index (Phi) is 4.69. The van der Waals surface area contributed by atoms with E-state index in [9.17, 15) is 5.48 Å². The van der Waals surface area contributed by atoms with Crippen LogP contribution < -0.4 is 0 Å². The van der Waals surface area contributed by atoms with Gasteiger partial charge < -0.3 is 0 Å². The molecule has 0 atom stereocenters. The molecule has 10 aromatic rings. The van der Waals surface area contributed by atoms with E-state index in [4.69, 9.17) is 23.2 Å². The number of nitrogens with zero attached hydrogens (tertiary/aromatic N) is 4. The predicted octanol–water partition coefficient (Wildman–Crippen LogP) is 12.0. The predicted molar refractivity (Wildman–Crippen MR) is 209 cm³/mol. The third-order valence-corrected chi connectivity index (χ3v) is 9.83. The molecule has 0 saturated carbocycles. The van der Waals surface area contributed by atoms with Crippen molar-refractivity contribution in [2.24, 2.45) is 0 Å². The molecule has 0 amide bonds. The summed E-state index contributed by atoms with van der Waals surface area (Å²) < 4.78 is 91.1. The molecule has 0 N–H and O–H groups in total. The molecule has 0 unspecified atom stereocenters. The van der Waals surface area contributed by atoms with Gasteiger partial charge in [0, 0.05) is 42.1 Å². The van der Waals surface area contributed by atoms with Gasteiger partial charge in [-0.3, -0.25) is 4.57 Å². The van der Waals surface area contributed by atoms with Crippen molar-refractivity contribution in [3.63, 3.8) is 0 Å². The van der Waals surface area contributed by atoms with E-state index in [0.29, 0.717) is 11.1 Å². The van der Waals surface area contributed by atoms with Gasteiger partial charge in [-0.05, 0) is 46.4 Å². The minimum atomic E-state index is -0.537. The van der Waals surface area contributed by atoms with Crippen LogP contribution in [0.2, 0.25) is 0 Å². The first-order valence-electron chi connectivity index (χ1n) is 20.9. The number of para-hydroxylation sites is 1. The Morgan fingerprint density at radius 2 is 0.940 bits per heavy atom. The van der Waals surface area contributed by atoms with Crippen molar-refractivity contribution in [3.8, 4) is 51.0 Å². The van der Waals surface area contributed by atoms with Gasteiger partial charge in [-0.2, -0.15) is 9.97 Å². The summed E-state index contributed by atoms with van der Waals surface area (Å²) in [6, 6.07) is 31.0. The second kappa shape index (κ2) is 11.6. The van der Waals surface area contributed by atoms with Crippen molar-refractivity contribution < 1.29 is 13.7 Å². The van der Waals surface area contributed by atoms with Gasteiger partial charge in [-0.1, -0.05) is 145 Å². The number of rotatable bonds is 5. The molecule has 0 aliphatic rings. The number of hydrogen-bond donors (Lipinski definition) is 0. The quantitative estimate of drug-likeness (QED) is 0.184. The van der Waals surface area contributed by atoms with Gasteiger partial charge in [0.2, 0.25) is 5.95 Å². The van der Waals surface area contributed by atoms with Crippen LogP contribution in [0, 0.1) is 0 Å². The summed E-state index contributed by atoms with van der Waals surface area (Å²) in [6.07, 6.45) is 0. The van der Waals surface area contributed by atoms with Crippen molar-refractivity contribution in [2.75, 3.05) is 0 Å². The molecular weight excluding hydrogens is 629 g/mol. The zero-order chi connectivity index (χ0) is 41.7. The molecule has 3 heterocycles. The van der Waals surface area contributed by atoms with Crippen LogP contribution in [-0.4, -0.2) is 19.5 Å². The van der Waals surface area contributed by atoms with E-state index >= 15 is 0 Å². The highest BCUT2D eigenvalue weighted by Crippen LogP contribution is 2.43. The van der Waals surface area contributed by atoms with E-state index < -0.39 is 36.3 Å². The number of aromatic nitrogens is 4. The van der Waals surface area contributed by atoms with Crippen molar-refractivity contribution in [2.45, 2.75) is 0 Å². The summed E-state index contributed by atoms with van der Waals surface area (Å²) in [7, 11) is 0. The smallest absolute Gasteiger partial charge is 0.238 e. The zero-order valence-electron chi connectivity index (χ0n) is 36.1. The summed E-state index contributed by atoms with van der Waals surface area (Å²) in [4.78, 5) is 14.8. The maximum atomic E-state index is 9.50. The van der Waals surface area contributed by atoms with E-state index in [1.54, 1.807) is 0 Å². The van der Waals surface area contributed by atoms with Crippen LogP contribution >= 0.6 is 11.3 Å². The van der Waals surface area contributed by atoms with E-state index in [-0.39, 0.29) is 83.7 Å². The number of benzene rings is 7. The van der Waals surface area contributed by atoms with Crippen LogP contribution in [-0.2, 0) is 0 Å². The Balaban J connectivity index is 1.32. The first kappa shape index (κ1) is 20.2. The highest BCUT2D eigenvalue weighted by molar-refractivity contribution is 7.26. The van der Waals surface area contributed by atoms with E-state index in [2.05, 4.69) is 0 Å². The molecule has 50 heavy (non-hydrogen) atoms. The highest BCUT2D eigenvalue weighted by Gasteiger charge is 2.21. The lowest BCUT2D eigenvalue weighted by Crippen LogP contribution is -2.06. The lowest BCUT2D eigenvalue weighted by molar-refractivity contribution is 0.954. The molecule has 0 radical (unpaired) electrons. The second-order valence-corrected chi connectivity index (χ2v) is 12.7. The molecule has 4 nitrogen and oxygen atoms in total. The van der Waals surface area contributed by atoms with Gasteiger partial charge in [0.05, 0.1) is 24.7 Å². The van der Waals surface area contributed by atoms with Crippen LogP contribution in [0.5, 0.6) is 0 Å². The summed E-state index contributed by atoms with van der Waals surface area (Å²) in [5.74, 6) is 0.408. The van der Waals surface area contributed by atoms with Crippen LogP contribution in [0.3, 0.4) is 0 Å². The van der Waals surface area contributed by atoms with Gasteiger partial charge in [-0.15, -0.1) is 11.3 Å². The van der Waals surface area contributed by atoms with E-state index in [1.807, 2.05) is 109 Å². The maximum absolute atomic E-state index is 9.50. The van der Waals surface area contributed by atoms with Crippen molar-refractivity contribution in [1.29, 1.82) is 0 Å². The zero-order valence-corrected chi connectivity index (χ0v) is 26.9. The molecule has 0 aliphatic heterocycles. The fourth-order valence-corrected chi connectivity index (χ4v) is 7.40. The molecule has 0 aliphatic carbocycles. The molecule has 0 saturated heterocycles. The van der Waals surface area contributed by atoms with Crippen LogP contribution in [0.25, 0.3) is 93.0 Å². The standard InChI is InChI=1S/C45H28N4S/c1-3-11-29(12-4-1)31-19-23-33(24-20-31)43-46-44(34-25-21-32(22-26-34)30-13-5-2-6-14-30)48-45(47-43)49-37-17-9-7-15-35(37)41-38(49)27-28-40-42(41)36-16-8-10-18-39(36)50-40/h1-28H/i7D,8D,9D,10D,15D,16D,17D,18D,27D,28D. The molecular formula is C45H28N4S. The highest BCUT2D eigenvalue weighted by atomic mass is 32.1. The van der Waals surface area contributed by atoms with Gasteiger partial charge in [-0.25, -0.2) is 4.98 Å². The Morgan fingerprint density at radius 1 is 0.420 bits per heavy atom. The Bertz CT molecular complexity index is 3310. The molecule has 3 aromatic heterocycles. The monoisotopic (exact) mass is 666 g/mol. The summed E-state index contributed by atoms with van der Waals surface area (Å²) in [6.45, 7) is 0. The third kappa shape index (κ3) is 4.71. The average Bonchev–Trinajstić information content (AvgIpc) is 3.87. The fourth-order valence-electron chi connectivity index (χ4n) is 6.43. The molecule has 7 aromatic carbocycles. The third-order valence-electron chi connectivity index (χ3n) is 8.80. The minimum Gasteiger partial charge on any atom is -0.278 e. The molecule has 234 valence electrons. The summed E-state index contributed by atoms with van der Waals surface area (Å²) in [5.41, 5.74) is 5.15.